The van der Waals surface area contributed by atoms with Crippen molar-refractivity contribution in [3.8, 4) is 0 Å². The van der Waals surface area contributed by atoms with E-state index in [1.807, 2.05) is 32.0 Å². The number of hydrogen-bond donors (Lipinski definition) is 0. The van der Waals surface area contributed by atoms with E-state index in [4.69, 9.17) is 64.1 Å². The van der Waals surface area contributed by atoms with Crippen LogP contribution < -0.4 is 0 Å². The summed E-state index contributed by atoms with van der Waals surface area (Å²) >= 11 is 9.53. The summed E-state index contributed by atoms with van der Waals surface area (Å²) in [5.41, 5.74) is -1.02. The van der Waals surface area contributed by atoms with Gasteiger partial charge in [0.15, 0.2) is 20.2 Å². The van der Waals surface area contributed by atoms with Crippen molar-refractivity contribution in [1.29, 1.82) is 0 Å². The van der Waals surface area contributed by atoms with Crippen molar-refractivity contribution in [2.24, 2.45) is 9.98 Å². The standard InChI is InChI=1S/C25H27N3.CH2Cl2.2CHF3O3S.Mn.H2O/c1-16-10-7-11-17(2)24(16)26-20(5)22-14-9-15-23(28-22)21(6)27-25-18(3)12-8-13-19(25)4;2-1-3;2*2-1(3,4)8(5,6)7;;/h7-15H,1-6H3;1H2;2*(H,5,6,7);;1H2/q;;;;+2;/p-1. The molecule has 3 N–H and O–H groups in total. The van der Waals surface area contributed by atoms with Crippen LogP contribution in [0.2, 0.25) is 0 Å². The summed E-state index contributed by atoms with van der Waals surface area (Å²) in [5, 5.41) is 0.194. The van der Waals surface area contributed by atoms with E-state index >= 15 is 0 Å². The summed E-state index contributed by atoms with van der Waals surface area (Å²) in [6.45, 7) is 12.4. The maximum absolute atomic E-state index is 10.7. The zero-order valence-electron chi connectivity index (χ0n) is 26.5. The van der Waals surface area contributed by atoms with Gasteiger partial charge in [0.25, 0.3) is 0 Å². The number of aromatic nitrogens is 1. The molecule has 0 aliphatic carbocycles. The SMILES string of the molecule is CC(=Nc1c(C)cccc1C)c1cccc(C(C)=Nc2c(C)cccc2C)n1.ClCCl.O=S(=O)([O-])C(F)(F)F.O=S(=O)([O-])C(F)(F)F.[Mn+2].[OH3+]. The van der Waals surface area contributed by atoms with Crippen molar-refractivity contribution in [3.05, 3.63) is 88.2 Å². The Morgan fingerprint density at radius 2 is 0.857 bits per heavy atom. The number of aliphatic imine (C=N–C) groups is 2. The molecule has 0 atom stereocenters. The molecule has 10 nitrogen and oxygen atoms in total. The first-order valence-electron chi connectivity index (χ1n) is 12.7. The van der Waals surface area contributed by atoms with Crippen LogP contribution in [-0.4, -0.2) is 58.7 Å². The second-order valence-corrected chi connectivity index (χ2v) is 12.7. The number of alkyl halides is 8. The van der Waals surface area contributed by atoms with Crippen LogP contribution in [0.5, 0.6) is 0 Å². The van der Waals surface area contributed by atoms with Crippen LogP contribution in [0.3, 0.4) is 0 Å². The molecule has 49 heavy (non-hydrogen) atoms. The minimum absolute atomic E-state index is 0. The molecule has 0 amide bonds. The van der Waals surface area contributed by atoms with E-state index in [0.717, 1.165) is 34.2 Å². The molecule has 0 fully saturated rings. The number of para-hydroxylation sites is 2. The summed E-state index contributed by atoms with van der Waals surface area (Å²) in [6.07, 6.45) is 0. The number of nitrogens with zero attached hydrogens (tertiary/aromatic N) is 3. The third kappa shape index (κ3) is 17.7. The summed E-state index contributed by atoms with van der Waals surface area (Å²) in [5.74, 6) is 0. The third-order valence-corrected chi connectivity index (χ3v) is 6.63. The number of rotatable bonds is 4. The number of pyridine rings is 1. The van der Waals surface area contributed by atoms with E-state index in [9.17, 15) is 26.3 Å². The monoisotopic (exact) mass is 825 g/mol. The summed E-state index contributed by atoms with van der Waals surface area (Å²) in [4.78, 5) is 14.5. The Labute approximate surface area is 301 Å². The predicted octanol–water partition coefficient (Wildman–Crippen LogP) is 7.20. The second-order valence-electron chi connectivity index (χ2n) is 9.18. The first-order valence-corrected chi connectivity index (χ1v) is 16.5. The zero-order valence-corrected chi connectivity index (χ0v) is 30.8. The minimum atomic E-state index is -6.09. The van der Waals surface area contributed by atoms with Crippen molar-refractivity contribution in [3.63, 3.8) is 0 Å². The zero-order chi connectivity index (χ0) is 37.0. The predicted molar refractivity (Wildman–Crippen MR) is 173 cm³/mol. The van der Waals surface area contributed by atoms with Gasteiger partial charge in [0, 0.05) is 0 Å². The van der Waals surface area contributed by atoms with Gasteiger partial charge in [-0.05, 0) is 75.9 Å². The van der Waals surface area contributed by atoms with Crippen LogP contribution in [0, 0.1) is 27.7 Å². The van der Waals surface area contributed by atoms with Gasteiger partial charge in [-0.15, -0.1) is 23.2 Å². The first-order chi connectivity index (χ1) is 21.3. The van der Waals surface area contributed by atoms with Crippen molar-refractivity contribution in [1.82, 2.24) is 4.98 Å². The molecule has 3 rings (SSSR count). The van der Waals surface area contributed by atoms with Crippen molar-refractivity contribution < 1.29 is 74.8 Å². The van der Waals surface area contributed by atoms with Crippen LogP contribution in [0.4, 0.5) is 37.7 Å². The Morgan fingerprint density at radius 1 is 0.653 bits per heavy atom. The van der Waals surface area contributed by atoms with E-state index in [2.05, 4.69) is 64.1 Å². The van der Waals surface area contributed by atoms with Crippen LogP contribution in [0.15, 0.2) is 64.6 Å². The molecular formula is C28H32Cl2F6MnN3O7S2+. The summed E-state index contributed by atoms with van der Waals surface area (Å²) in [7, 11) is -12.2. The normalized spacial score (nSPS) is 12.0. The maximum atomic E-state index is 10.7. The fourth-order valence-electron chi connectivity index (χ4n) is 3.25. The van der Waals surface area contributed by atoms with Crippen LogP contribution in [0.1, 0.15) is 47.5 Å². The first kappa shape index (κ1) is 50.8. The van der Waals surface area contributed by atoms with Crippen molar-refractivity contribution >= 4 is 66.2 Å². The molecule has 0 saturated heterocycles. The van der Waals surface area contributed by atoms with Gasteiger partial charge in [-0.2, -0.15) is 26.3 Å². The Bertz CT molecular complexity index is 1630. The topological polar surface area (TPSA) is 185 Å². The molecule has 1 radical (unpaired) electrons. The molecule has 0 aliphatic rings. The van der Waals surface area contributed by atoms with E-state index in [1.165, 1.54) is 22.3 Å². The molecule has 275 valence electrons. The molecule has 0 bridgehead atoms. The molecule has 2 aromatic carbocycles. The van der Waals surface area contributed by atoms with Gasteiger partial charge < -0.3 is 14.6 Å². The quantitative estimate of drug-likeness (QED) is 0.0507. The van der Waals surface area contributed by atoms with E-state index in [-0.39, 0.29) is 27.9 Å². The van der Waals surface area contributed by atoms with E-state index < -0.39 is 31.3 Å². The van der Waals surface area contributed by atoms with E-state index in [1.54, 1.807) is 0 Å². The molecule has 21 heteroatoms. The van der Waals surface area contributed by atoms with Crippen molar-refractivity contribution in [2.75, 3.05) is 5.34 Å². The van der Waals surface area contributed by atoms with Gasteiger partial charge in [0.05, 0.1) is 39.5 Å². The second kappa shape index (κ2) is 21.6. The molecule has 0 aliphatic heterocycles. The van der Waals surface area contributed by atoms with Crippen molar-refractivity contribution in [2.45, 2.75) is 52.6 Å². The van der Waals surface area contributed by atoms with Gasteiger partial charge >= 0.3 is 28.1 Å². The molecule has 0 unspecified atom stereocenters. The molecule has 1 heterocycles. The number of benzene rings is 2. The Balaban J connectivity index is -0.000000834. The average Bonchev–Trinajstić information content (AvgIpc) is 2.92. The molecule has 3 aromatic rings. The van der Waals surface area contributed by atoms with Gasteiger partial charge in [-0.25, -0.2) is 21.8 Å². The fourth-order valence-corrected chi connectivity index (χ4v) is 3.25. The van der Waals surface area contributed by atoms with Gasteiger partial charge in [0.1, 0.15) is 0 Å². The van der Waals surface area contributed by atoms with Crippen LogP contribution in [0.25, 0.3) is 0 Å². The third-order valence-electron chi connectivity index (χ3n) is 5.50. The minimum Gasteiger partial charge on any atom is -0.741 e. The Hall–Kier alpha value is -2.61. The van der Waals surface area contributed by atoms with E-state index in [0.29, 0.717) is 0 Å². The summed E-state index contributed by atoms with van der Waals surface area (Å²) in [6, 6.07) is 18.5. The number of halogens is 8. The smallest absolute Gasteiger partial charge is 0.741 e. The number of aryl methyl sites for hydroxylation is 4. The molecular weight excluding hydrogens is 794 g/mol. The molecule has 1 aromatic heterocycles. The molecule has 0 spiro atoms. The van der Waals surface area contributed by atoms with Gasteiger partial charge in [-0.3, -0.25) is 9.98 Å². The Kier molecular flexibility index (Phi) is 22.3. The molecule has 0 saturated carbocycles. The number of hydrogen-bond acceptors (Lipinski definition) is 9. The fraction of sp³-hybridized carbons (Fsp3) is 0.321. The Morgan fingerprint density at radius 3 is 1.06 bits per heavy atom. The van der Waals surface area contributed by atoms with Crippen LogP contribution >= 0.6 is 23.2 Å². The van der Waals surface area contributed by atoms with Gasteiger partial charge in [-0.1, -0.05) is 42.5 Å². The summed E-state index contributed by atoms with van der Waals surface area (Å²) < 4.78 is 118. The maximum Gasteiger partial charge on any atom is 2.00 e. The largest absolute Gasteiger partial charge is 2.00 e. The average molecular weight is 827 g/mol. The van der Waals surface area contributed by atoms with Gasteiger partial charge in [0.2, 0.25) is 0 Å². The van der Waals surface area contributed by atoms with Crippen LogP contribution in [-0.2, 0) is 42.8 Å².